The van der Waals surface area contributed by atoms with Crippen molar-refractivity contribution in [1.29, 1.82) is 0 Å². The molecule has 0 aromatic heterocycles. The standard InChI is InChI=1S/C11H14ClFO/c1-14-8-10(12)7-6-9-4-2-3-5-11(9)13/h2-5,10H,6-8H2,1H3. The van der Waals surface area contributed by atoms with E-state index in [-0.39, 0.29) is 11.2 Å². The number of hydrogen-bond donors (Lipinski definition) is 0. The van der Waals surface area contributed by atoms with E-state index in [0.29, 0.717) is 18.6 Å². The highest BCUT2D eigenvalue weighted by atomic mass is 35.5. The van der Waals surface area contributed by atoms with Crippen molar-refractivity contribution in [1.82, 2.24) is 0 Å². The van der Waals surface area contributed by atoms with Crippen LogP contribution in [0.2, 0.25) is 0 Å². The van der Waals surface area contributed by atoms with Crippen molar-refractivity contribution < 1.29 is 9.13 Å². The monoisotopic (exact) mass is 216 g/mol. The minimum absolute atomic E-state index is 0.0420. The molecule has 0 bridgehead atoms. The van der Waals surface area contributed by atoms with E-state index >= 15 is 0 Å². The van der Waals surface area contributed by atoms with Gasteiger partial charge in [0.25, 0.3) is 0 Å². The highest BCUT2D eigenvalue weighted by molar-refractivity contribution is 6.20. The lowest BCUT2D eigenvalue weighted by Crippen LogP contribution is -2.08. The highest BCUT2D eigenvalue weighted by Crippen LogP contribution is 2.12. The van der Waals surface area contributed by atoms with Gasteiger partial charge in [-0.05, 0) is 24.5 Å². The molecule has 1 aromatic carbocycles. The van der Waals surface area contributed by atoms with Crippen LogP contribution in [0.5, 0.6) is 0 Å². The van der Waals surface area contributed by atoms with Crippen LogP contribution < -0.4 is 0 Å². The Morgan fingerprint density at radius 3 is 2.79 bits per heavy atom. The number of ether oxygens (including phenoxy) is 1. The second kappa shape index (κ2) is 5.99. The predicted molar refractivity (Wildman–Crippen MR) is 56.2 cm³/mol. The summed E-state index contributed by atoms with van der Waals surface area (Å²) in [5.41, 5.74) is 0.717. The maximum atomic E-state index is 13.2. The van der Waals surface area contributed by atoms with Crippen LogP contribution in [-0.2, 0) is 11.2 Å². The maximum absolute atomic E-state index is 13.2. The van der Waals surface area contributed by atoms with Gasteiger partial charge in [-0.3, -0.25) is 0 Å². The summed E-state index contributed by atoms with van der Waals surface area (Å²) in [4.78, 5) is 0. The van der Waals surface area contributed by atoms with Gasteiger partial charge < -0.3 is 4.74 Å². The summed E-state index contributed by atoms with van der Waals surface area (Å²) >= 11 is 5.94. The Bertz CT molecular complexity index is 278. The molecule has 0 saturated carbocycles. The first-order chi connectivity index (χ1) is 6.74. The lowest BCUT2D eigenvalue weighted by molar-refractivity contribution is 0.195. The smallest absolute Gasteiger partial charge is 0.126 e. The zero-order valence-electron chi connectivity index (χ0n) is 8.17. The van der Waals surface area contributed by atoms with Crippen LogP contribution in [0.25, 0.3) is 0 Å². The van der Waals surface area contributed by atoms with Crippen LogP contribution >= 0.6 is 11.6 Å². The predicted octanol–water partition coefficient (Wildman–Crippen LogP) is 3.01. The van der Waals surface area contributed by atoms with E-state index in [4.69, 9.17) is 16.3 Å². The Morgan fingerprint density at radius 1 is 1.43 bits per heavy atom. The Hall–Kier alpha value is -0.600. The van der Waals surface area contributed by atoms with Gasteiger partial charge in [0.05, 0.1) is 12.0 Å². The molecule has 0 aliphatic heterocycles. The molecule has 0 spiro atoms. The molecule has 0 N–H and O–H groups in total. The van der Waals surface area contributed by atoms with Crippen molar-refractivity contribution in [2.45, 2.75) is 18.2 Å². The van der Waals surface area contributed by atoms with E-state index in [9.17, 15) is 4.39 Å². The minimum atomic E-state index is -0.159. The largest absolute Gasteiger partial charge is 0.383 e. The van der Waals surface area contributed by atoms with Crippen molar-refractivity contribution in [2.75, 3.05) is 13.7 Å². The summed E-state index contributed by atoms with van der Waals surface area (Å²) in [7, 11) is 1.61. The Morgan fingerprint density at radius 2 is 2.14 bits per heavy atom. The molecule has 78 valence electrons. The van der Waals surface area contributed by atoms with Crippen LogP contribution in [0.4, 0.5) is 4.39 Å². The number of hydrogen-bond acceptors (Lipinski definition) is 1. The molecule has 0 radical (unpaired) electrons. The zero-order chi connectivity index (χ0) is 10.4. The minimum Gasteiger partial charge on any atom is -0.383 e. The third-order valence-electron chi connectivity index (χ3n) is 2.03. The molecule has 1 rings (SSSR count). The molecule has 3 heteroatoms. The van der Waals surface area contributed by atoms with Gasteiger partial charge in [-0.1, -0.05) is 18.2 Å². The molecule has 0 aliphatic rings. The van der Waals surface area contributed by atoms with E-state index in [0.717, 1.165) is 6.42 Å². The van der Waals surface area contributed by atoms with Gasteiger partial charge in [0.2, 0.25) is 0 Å². The van der Waals surface area contributed by atoms with Crippen molar-refractivity contribution >= 4 is 11.6 Å². The molecular formula is C11H14ClFO. The van der Waals surface area contributed by atoms with Crippen molar-refractivity contribution in [3.05, 3.63) is 35.6 Å². The normalized spacial score (nSPS) is 12.8. The quantitative estimate of drug-likeness (QED) is 0.688. The van der Waals surface area contributed by atoms with Crippen LogP contribution in [0.1, 0.15) is 12.0 Å². The van der Waals surface area contributed by atoms with Gasteiger partial charge in [0, 0.05) is 7.11 Å². The van der Waals surface area contributed by atoms with Gasteiger partial charge >= 0.3 is 0 Å². The fraction of sp³-hybridized carbons (Fsp3) is 0.455. The third kappa shape index (κ3) is 3.64. The Balaban J connectivity index is 2.41. The van der Waals surface area contributed by atoms with E-state index in [1.807, 2.05) is 6.07 Å². The third-order valence-corrected chi connectivity index (χ3v) is 2.38. The summed E-state index contributed by atoms with van der Waals surface area (Å²) in [5, 5.41) is -0.0420. The van der Waals surface area contributed by atoms with Crippen LogP contribution in [0.3, 0.4) is 0 Å². The summed E-state index contributed by atoms with van der Waals surface area (Å²) in [5.74, 6) is -0.159. The van der Waals surface area contributed by atoms with E-state index in [2.05, 4.69) is 0 Å². The molecule has 1 nitrogen and oxygen atoms in total. The number of halogens is 2. The molecule has 0 heterocycles. The fourth-order valence-corrected chi connectivity index (χ4v) is 1.51. The molecule has 1 unspecified atom stereocenters. The van der Waals surface area contributed by atoms with E-state index < -0.39 is 0 Å². The summed E-state index contributed by atoms with van der Waals surface area (Å²) < 4.78 is 18.0. The van der Waals surface area contributed by atoms with Crippen LogP contribution in [0, 0.1) is 5.82 Å². The topological polar surface area (TPSA) is 9.23 Å². The lowest BCUT2D eigenvalue weighted by Gasteiger charge is -2.08. The first kappa shape index (κ1) is 11.5. The summed E-state index contributed by atoms with van der Waals surface area (Å²) in [6.45, 7) is 0.510. The Labute approximate surface area is 88.8 Å². The molecule has 0 saturated heterocycles. The van der Waals surface area contributed by atoms with Crippen molar-refractivity contribution in [2.24, 2.45) is 0 Å². The van der Waals surface area contributed by atoms with Crippen LogP contribution in [0.15, 0.2) is 24.3 Å². The highest BCUT2D eigenvalue weighted by Gasteiger charge is 2.06. The zero-order valence-corrected chi connectivity index (χ0v) is 8.93. The molecule has 1 aromatic rings. The average Bonchev–Trinajstić information content (AvgIpc) is 2.17. The average molecular weight is 217 g/mol. The van der Waals surface area contributed by atoms with Crippen molar-refractivity contribution in [3.8, 4) is 0 Å². The number of rotatable bonds is 5. The van der Waals surface area contributed by atoms with E-state index in [1.54, 1.807) is 19.2 Å². The van der Waals surface area contributed by atoms with Gasteiger partial charge in [0.1, 0.15) is 5.82 Å². The second-order valence-electron chi connectivity index (χ2n) is 3.18. The molecule has 0 aliphatic carbocycles. The number of methoxy groups -OCH3 is 1. The van der Waals surface area contributed by atoms with Crippen LogP contribution in [-0.4, -0.2) is 19.1 Å². The number of benzene rings is 1. The van der Waals surface area contributed by atoms with Gasteiger partial charge in [-0.2, -0.15) is 0 Å². The summed E-state index contributed by atoms with van der Waals surface area (Å²) in [6, 6.07) is 6.77. The first-order valence-corrected chi connectivity index (χ1v) is 5.04. The maximum Gasteiger partial charge on any atom is 0.126 e. The molecular weight excluding hydrogens is 203 g/mol. The second-order valence-corrected chi connectivity index (χ2v) is 3.80. The molecule has 0 amide bonds. The number of aryl methyl sites for hydroxylation is 1. The first-order valence-electron chi connectivity index (χ1n) is 4.60. The SMILES string of the molecule is COCC(Cl)CCc1ccccc1F. The fourth-order valence-electron chi connectivity index (χ4n) is 1.28. The van der Waals surface area contributed by atoms with Gasteiger partial charge in [-0.25, -0.2) is 4.39 Å². The van der Waals surface area contributed by atoms with Gasteiger partial charge in [0.15, 0.2) is 0 Å². The molecule has 14 heavy (non-hydrogen) atoms. The van der Waals surface area contributed by atoms with Crippen molar-refractivity contribution in [3.63, 3.8) is 0 Å². The van der Waals surface area contributed by atoms with E-state index in [1.165, 1.54) is 6.07 Å². The molecule has 0 fully saturated rings. The Kier molecular flexibility index (Phi) is 4.91. The molecule has 1 atom stereocenters. The number of alkyl halides is 1. The summed E-state index contributed by atoms with van der Waals surface area (Å²) in [6.07, 6.45) is 1.39. The lowest BCUT2D eigenvalue weighted by atomic mass is 10.1. The van der Waals surface area contributed by atoms with Gasteiger partial charge in [-0.15, -0.1) is 11.6 Å².